The molecule has 0 atom stereocenters. The Morgan fingerprint density at radius 1 is 0.880 bits per heavy atom. The Morgan fingerprint density at radius 3 is 2.28 bits per heavy atom. The maximum atomic E-state index is 12.4. The molecule has 0 aliphatic heterocycles. The van der Waals surface area contributed by atoms with E-state index in [1.54, 1.807) is 30.5 Å². The molecule has 0 bridgehead atoms. The smallest absolute Gasteiger partial charge is 0.246 e. The van der Waals surface area contributed by atoms with Crippen LogP contribution in [-0.4, -0.2) is 28.0 Å². The maximum absolute atomic E-state index is 12.4. The highest BCUT2D eigenvalue weighted by atomic mass is 32.2. The number of rotatable bonds is 4. The molecular weight excluding hydrogens is 338 g/mol. The highest BCUT2D eigenvalue weighted by Crippen LogP contribution is 2.20. The van der Waals surface area contributed by atoms with E-state index in [9.17, 15) is 8.42 Å². The van der Waals surface area contributed by atoms with Gasteiger partial charge < -0.3 is 0 Å². The highest BCUT2D eigenvalue weighted by molar-refractivity contribution is 7.92. The molecule has 4 aromatic rings. The van der Waals surface area contributed by atoms with Gasteiger partial charge >= 0.3 is 0 Å². The number of anilines is 1. The van der Waals surface area contributed by atoms with Crippen molar-refractivity contribution in [3.8, 4) is 11.3 Å². The molecule has 2 heterocycles. The molecule has 4 rings (SSSR count). The lowest BCUT2D eigenvalue weighted by Gasteiger charge is -2.04. The Bertz CT molecular complexity index is 1130. The molecular formula is C17H13N5O2S. The van der Waals surface area contributed by atoms with Gasteiger partial charge in [0.05, 0.1) is 10.6 Å². The molecule has 2 aromatic heterocycles. The third-order valence-corrected chi connectivity index (χ3v) is 4.93. The summed E-state index contributed by atoms with van der Waals surface area (Å²) >= 11 is 0. The Labute approximate surface area is 144 Å². The van der Waals surface area contributed by atoms with E-state index in [-0.39, 0.29) is 10.8 Å². The molecule has 0 saturated heterocycles. The average Bonchev–Trinajstić information content (AvgIpc) is 3.04. The molecule has 25 heavy (non-hydrogen) atoms. The van der Waals surface area contributed by atoms with Gasteiger partial charge in [-0.1, -0.05) is 48.5 Å². The van der Waals surface area contributed by atoms with Crippen LogP contribution < -0.4 is 4.72 Å². The minimum atomic E-state index is -3.75. The second kappa shape index (κ2) is 5.99. The van der Waals surface area contributed by atoms with Gasteiger partial charge in [-0.2, -0.15) is 9.50 Å². The van der Waals surface area contributed by atoms with Gasteiger partial charge in [-0.05, 0) is 18.2 Å². The number of hydrogen-bond donors (Lipinski definition) is 1. The van der Waals surface area contributed by atoms with E-state index in [2.05, 4.69) is 19.8 Å². The summed E-state index contributed by atoms with van der Waals surface area (Å²) in [5.41, 5.74) is 1.69. The molecule has 0 aliphatic carbocycles. The maximum Gasteiger partial charge on any atom is 0.264 e. The van der Waals surface area contributed by atoms with Crippen molar-refractivity contribution in [2.75, 3.05) is 4.72 Å². The van der Waals surface area contributed by atoms with Crippen molar-refractivity contribution >= 4 is 21.7 Å². The van der Waals surface area contributed by atoms with Crippen molar-refractivity contribution in [1.29, 1.82) is 0 Å². The Kier molecular flexibility index (Phi) is 3.66. The number of nitrogens with zero attached hydrogens (tertiary/aromatic N) is 4. The molecule has 124 valence electrons. The zero-order chi connectivity index (χ0) is 17.3. The van der Waals surface area contributed by atoms with Crippen molar-refractivity contribution in [3.63, 3.8) is 0 Å². The molecule has 8 heteroatoms. The zero-order valence-electron chi connectivity index (χ0n) is 12.9. The largest absolute Gasteiger partial charge is 0.264 e. The molecule has 0 spiro atoms. The minimum Gasteiger partial charge on any atom is -0.246 e. The van der Waals surface area contributed by atoms with Crippen LogP contribution in [0.4, 0.5) is 5.95 Å². The topological polar surface area (TPSA) is 89.2 Å². The average molecular weight is 351 g/mol. The predicted molar refractivity (Wildman–Crippen MR) is 93.5 cm³/mol. The molecule has 1 N–H and O–H groups in total. The number of fused-ring (bicyclic) bond motifs is 1. The van der Waals surface area contributed by atoms with Crippen LogP contribution in [0, 0.1) is 0 Å². The second-order valence-electron chi connectivity index (χ2n) is 5.26. The number of sulfonamides is 1. The summed E-state index contributed by atoms with van der Waals surface area (Å²) in [5, 5.41) is 4.25. The van der Waals surface area contributed by atoms with Crippen molar-refractivity contribution in [2.24, 2.45) is 0 Å². The Morgan fingerprint density at radius 2 is 1.56 bits per heavy atom. The van der Waals surface area contributed by atoms with Crippen LogP contribution in [0.3, 0.4) is 0 Å². The Balaban J connectivity index is 1.76. The van der Waals surface area contributed by atoms with Gasteiger partial charge in [0.1, 0.15) is 0 Å². The fourth-order valence-electron chi connectivity index (χ4n) is 2.44. The van der Waals surface area contributed by atoms with Gasteiger partial charge in [0, 0.05) is 11.8 Å². The molecule has 0 saturated carbocycles. The fourth-order valence-corrected chi connectivity index (χ4v) is 3.40. The van der Waals surface area contributed by atoms with Crippen molar-refractivity contribution in [1.82, 2.24) is 19.6 Å². The van der Waals surface area contributed by atoms with Gasteiger partial charge in [0.25, 0.3) is 21.7 Å². The van der Waals surface area contributed by atoms with Gasteiger partial charge in [-0.15, -0.1) is 5.10 Å². The van der Waals surface area contributed by atoms with Gasteiger partial charge in [0.15, 0.2) is 0 Å². The van der Waals surface area contributed by atoms with E-state index in [4.69, 9.17) is 0 Å². The second-order valence-corrected chi connectivity index (χ2v) is 6.94. The van der Waals surface area contributed by atoms with Crippen LogP contribution in [-0.2, 0) is 10.0 Å². The standard InChI is InChI=1S/C17H13N5O2S/c23-25(24,14-9-5-2-6-10-14)21-16-19-17-18-12-11-15(22(17)20-16)13-7-3-1-4-8-13/h1-12H,(H,20,21). The lowest BCUT2D eigenvalue weighted by atomic mass is 10.1. The SMILES string of the molecule is O=S(=O)(Nc1nc2nccc(-c3ccccc3)n2n1)c1ccccc1. The van der Waals surface area contributed by atoms with Crippen LogP contribution in [0.25, 0.3) is 17.0 Å². The quantitative estimate of drug-likeness (QED) is 0.610. The van der Waals surface area contributed by atoms with Crippen LogP contribution in [0.2, 0.25) is 0 Å². The van der Waals surface area contributed by atoms with E-state index < -0.39 is 10.0 Å². The van der Waals surface area contributed by atoms with E-state index >= 15 is 0 Å². The lowest BCUT2D eigenvalue weighted by Crippen LogP contribution is -2.13. The van der Waals surface area contributed by atoms with Crippen LogP contribution in [0.5, 0.6) is 0 Å². The number of aromatic nitrogens is 4. The normalized spacial score (nSPS) is 11.5. The Hall–Kier alpha value is -3.26. The third-order valence-electron chi connectivity index (χ3n) is 3.59. The first-order chi connectivity index (χ1) is 12.1. The fraction of sp³-hybridized carbons (Fsp3) is 0. The van der Waals surface area contributed by atoms with E-state index in [0.29, 0.717) is 5.78 Å². The van der Waals surface area contributed by atoms with Gasteiger partial charge in [-0.25, -0.2) is 18.1 Å². The summed E-state index contributed by atoms with van der Waals surface area (Å²) in [6.07, 6.45) is 1.61. The van der Waals surface area contributed by atoms with Crippen LogP contribution in [0.15, 0.2) is 77.8 Å². The predicted octanol–water partition coefficient (Wildman–Crippen LogP) is 2.59. The molecule has 0 aliphatic rings. The van der Waals surface area contributed by atoms with E-state index in [1.165, 1.54) is 16.6 Å². The number of benzene rings is 2. The highest BCUT2D eigenvalue weighted by Gasteiger charge is 2.17. The van der Waals surface area contributed by atoms with Gasteiger partial charge in [0.2, 0.25) is 0 Å². The first kappa shape index (κ1) is 15.3. The molecule has 0 unspecified atom stereocenters. The zero-order valence-corrected chi connectivity index (χ0v) is 13.8. The molecule has 0 amide bonds. The third kappa shape index (κ3) is 2.94. The molecule has 2 aromatic carbocycles. The molecule has 0 fully saturated rings. The van der Waals surface area contributed by atoms with Crippen LogP contribution >= 0.6 is 0 Å². The molecule has 0 radical (unpaired) electrons. The molecule has 7 nitrogen and oxygen atoms in total. The van der Waals surface area contributed by atoms with Crippen molar-refractivity contribution in [3.05, 3.63) is 72.9 Å². The monoisotopic (exact) mass is 351 g/mol. The van der Waals surface area contributed by atoms with Crippen molar-refractivity contribution < 1.29 is 8.42 Å². The van der Waals surface area contributed by atoms with E-state index in [1.807, 2.05) is 30.3 Å². The first-order valence-electron chi connectivity index (χ1n) is 7.48. The summed E-state index contributed by atoms with van der Waals surface area (Å²) in [6, 6.07) is 19.5. The van der Waals surface area contributed by atoms with E-state index in [0.717, 1.165) is 11.3 Å². The van der Waals surface area contributed by atoms with Crippen LogP contribution in [0.1, 0.15) is 0 Å². The summed E-state index contributed by atoms with van der Waals surface area (Å²) in [7, 11) is -3.75. The summed E-state index contributed by atoms with van der Waals surface area (Å²) in [6.45, 7) is 0. The lowest BCUT2D eigenvalue weighted by molar-refractivity contribution is 0.601. The van der Waals surface area contributed by atoms with Gasteiger partial charge in [-0.3, -0.25) is 0 Å². The summed E-state index contributed by atoms with van der Waals surface area (Å²) in [5.74, 6) is 0.284. The number of nitrogens with one attached hydrogen (secondary N) is 1. The number of hydrogen-bond acceptors (Lipinski definition) is 5. The summed E-state index contributed by atoms with van der Waals surface area (Å²) in [4.78, 5) is 8.45. The first-order valence-corrected chi connectivity index (χ1v) is 8.97. The summed E-state index contributed by atoms with van der Waals surface area (Å²) < 4.78 is 28.7. The van der Waals surface area contributed by atoms with Crippen molar-refractivity contribution in [2.45, 2.75) is 4.90 Å². The minimum absolute atomic E-state index is 0.0280.